The van der Waals surface area contributed by atoms with Gasteiger partial charge in [0.05, 0.1) is 28.8 Å². The Morgan fingerprint density at radius 2 is 1.71 bits per heavy atom. The van der Waals surface area contributed by atoms with Gasteiger partial charge in [0.15, 0.2) is 11.5 Å². The fourth-order valence-electron chi connectivity index (χ4n) is 3.56. The molecule has 0 fully saturated rings. The van der Waals surface area contributed by atoms with E-state index in [1.165, 1.54) is 11.1 Å². The molecule has 0 radical (unpaired) electrons. The van der Waals surface area contributed by atoms with Gasteiger partial charge in [0.2, 0.25) is 0 Å². The van der Waals surface area contributed by atoms with Crippen molar-refractivity contribution in [2.75, 3.05) is 0 Å². The van der Waals surface area contributed by atoms with Crippen LogP contribution in [-0.2, 0) is 6.54 Å². The van der Waals surface area contributed by atoms with Crippen LogP contribution in [-0.4, -0.2) is 36.5 Å². The van der Waals surface area contributed by atoms with Gasteiger partial charge in [-0.2, -0.15) is 9.78 Å². The summed E-state index contributed by atoms with van der Waals surface area (Å²) in [7, 11) is 0. The summed E-state index contributed by atoms with van der Waals surface area (Å²) in [6.45, 7) is 2.03. The van der Waals surface area contributed by atoms with Crippen LogP contribution in [0.4, 0.5) is 0 Å². The molecule has 4 aromatic rings. The minimum absolute atomic E-state index is 0.224. The van der Waals surface area contributed by atoms with Gasteiger partial charge in [-0.3, -0.25) is 14.5 Å². The van der Waals surface area contributed by atoms with Crippen molar-refractivity contribution in [1.82, 2.24) is 24.6 Å². The molecular weight excluding hydrogens is 354 g/mol. The molecule has 7 nitrogen and oxygen atoms in total. The van der Waals surface area contributed by atoms with Crippen LogP contribution in [0.3, 0.4) is 0 Å². The number of imide groups is 1. The summed E-state index contributed by atoms with van der Waals surface area (Å²) in [6.07, 6.45) is 3.13. The Labute approximate surface area is 160 Å². The first-order valence-electron chi connectivity index (χ1n) is 8.85. The summed E-state index contributed by atoms with van der Waals surface area (Å²) in [4.78, 5) is 36.0. The van der Waals surface area contributed by atoms with Crippen molar-refractivity contribution in [2.24, 2.45) is 0 Å². The molecule has 1 aliphatic rings. The number of benzene rings is 1. The van der Waals surface area contributed by atoms with Gasteiger partial charge in [-0.1, -0.05) is 36.4 Å². The smallest absolute Gasteiger partial charge is 0.263 e. The second-order valence-corrected chi connectivity index (χ2v) is 6.61. The van der Waals surface area contributed by atoms with Crippen molar-refractivity contribution in [3.8, 4) is 5.82 Å². The number of aromatic nitrogens is 4. The van der Waals surface area contributed by atoms with Crippen LogP contribution in [0.2, 0.25) is 0 Å². The Balaban J connectivity index is 1.65. The number of amides is 2. The largest absolute Gasteiger partial charge is 0.270 e. The van der Waals surface area contributed by atoms with Crippen LogP contribution >= 0.6 is 0 Å². The molecule has 0 saturated heterocycles. The molecule has 0 bridgehead atoms. The molecular formula is C21H15N5O2. The molecule has 2 amide bonds. The van der Waals surface area contributed by atoms with Gasteiger partial charge in [-0.15, -0.1) is 0 Å². The van der Waals surface area contributed by atoms with E-state index in [2.05, 4.69) is 15.1 Å². The lowest BCUT2D eigenvalue weighted by molar-refractivity contribution is 0.0643. The molecule has 0 N–H and O–H groups in total. The first kappa shape index (κ1) is 16.3. The van der Waals surface area contributed by atoms with E-state index in [4.69, 9.17) is 0 Å². The number of nitrogens with zero attached hydrogens (tertiary/aromatic N) is 5. The highest BCUT2D eigenvalue weighted by Crippen LogP contribution is 2.32. The summed E-state index contributed by atoms with van der Waals surface area (Å²) < 4.78 is 1.60. The van der Waals surface area contributed by atoms with Crippen LogP contribution in [0.5, 0.6) is 0 Å². The molecule has 0 spiro atoms. The molecule has 1 aliphatic heterocycles. The van der Waals surface area contributed by atoms with Crippen molar-refractivity contribution >= 4 is 22.8 Å². The van der Waals surface area contributed by atoms with Gasteiger partial charge >= 0.3 is 0 Å². The normalized spacial score (nSPS) is 13.4. The van der Waals surface area contributed by atoms with E-state index in [1.807, 2.05) is 48.5 Å². The number of rotatable bonds is 3. The van der Waals surface area contributed by atoms with E-state index in [0.717, 1.165) is 5.56 Å². The fourth-order valence-corrected chi connectivity index (χ4v) is 3.56. The minimum atomic E-state index is -0.330. The lowest BCUT2D eigenvalue weighted by atomic mass is 10.1. The average Bonchev–Trinajstić information content (AvgIpc) is 3.19. The van der Waals surface area contributed by atoms with E-state index in [0.29, 0.717) is 33.7 Å². The van der Waals surface area contributed by atoms with Gasteiger partial charge in [0, 0.05) is 12.4 Å². The zero-order valence-electron chi connectivity index (χ0n) is 15.0. The van der Waals surface area contributed by atoms with Crippen LogP contribution in [0.1, 0.15) is 32.0 Å². The highest BCUT2D eigenvalue weighted by Gasteiger charge is 2.39. The zero-order valence-corrected chi connectivity index (χ0v) is 15.0. The summed E-state index contributed by atoms with van der Waals surface area (Å²) in [5.74, 6) is -0.0471. The quantitative estimate of drug-likeness (QED) is 0.519. The van der Waals surface area contributed by atoms with E-state index in [-0.39, 0.29) is 18.4 Å². The summed E-state index contributed by atoms with van der Waals surface area (Å²) in [5, 5.41) is 5.11. The average molecular weight is 369 g/mol. The van der Waals surface area contributed by atoms with E-state index in [9.17, 15) is 9.59 Å². The van der Waals surface area contributed by atoms with Crippen molar-refractivity contribution in [3.63, 3.8) is 0 Å². The third-order valence-electron chi connectivity index (χ3n) is 4.86. The number of aryl methyl sites for hydroxylation is 1. The Bertz CT molecular complexity index is 1230. The second kappa shape index (κ2) is 6.09. The van der Waals surface area contributed by atoms with Crippen LogP contribution in [0.25, 0.3) is 16.9 Å². The minimum Gasteiger partial charge on any atom is -0.270 e. The Hall–Kier alpha value is -3.87. The lowest BCUT2D eigenvalue weighted by Crippen LogP contribution is -2.29. The predicted molar refractivity (Wildman–Crippen MR) is 102 cm³/mol. The first-order chi connectivity index (χ1) is 13.6. The van der Waals surface area contributed by atoms with Gasteiger partial charge in [-0.05, 0) is 24.6 Å². The lowest BCUT2D eigenvalue weighted by Gasteiger charge is -2.13. The van der Waals surface area contributed by atoms with Crippen molar-refractivity contribution in [3.05, 3.63) is 83.3 Å². The van der Waals surface area contributed by atoms with Crippen molar-refractivity contribution < 1.29 is 9.59 Å². The van der Waals surface area contributed by atoms with Crippen molar-refractivity contribution in [2.45, 2.75) is 13.5 Å². The molecule has 28 heavy (non-hydrogen) atoms. The van der Waals surface area contributed by atoms with Gasteiger partial charge in [0.25, 0.3) is 11.8 Å². The van der Waals surface area contributed by atoms with Gasteiger partial charge in [-0.25, -0.2) is 9.97 Å². The second-order valence-electron chi connectivity index (χ2n) is 6.61. The number of pyridine rings is 2. The molecule has 0 atom stereocenters. The maximum atomic E-state index is 13.1. The van der Waals surface area contributed by atoms with Crippen molar-refractivity contribution in [1.29, 1.82) is 0 Å². The maximum Gasteiger partial charge on any atom is 0.263 e. The standard InChI is InChI=1S/C21H15N5O2/c1-13-17-18-15(11-23-19(17)26(24-13)16-9-5-6-10-22-16)20(27)25(21(18)28)12-14-7-3-2-4-8-14/h2-11H,12H2,1H3. The number of fused-ring (bicyclic) bond motifs is 3. The van der Waals surface area contributed by atoms with Crippen LogP contribution in [0, 0.1) is 6.92 Å². The molecule has 7 heteroatoms. The Morgan fingerprint density at radius 1 is 0.929 bits per heavy atom. The fraction of sp³-hybridized carbons (Fsp3) is 0.0952. The first-order valence-corrected chi connectivity index (χ1v) is 8.85. The van der Waals surface area contributed by atoms with Gasteiger partial charge in [0.1, 0.15) is 0 Å². The summed E-state index contributed by atoms with van der Waals surface area (Å²) >= 11 is 0. The van der Waals surface area contributed by atoms with E-state index < -0.39 is 0 Å². The molecule has 0 saturated carbocycles. The molecule has 1 aromatic carbocycles. The summed E-state index contributed by atoms with van der Waals surface area (Å²) in [5.41, 5.74) is 2.72. The predicted octanol–water partition coefficient (Wildman–Crippen LogP) is 2.92. The summed E-state index contributed by atoms with van der Waals surface area (Å²) in [6, 6.07) is 14.9. The van der Waals surface area contributed by atoms with Crippen LogP contribution < -0.4 is 0 Å². The maximum absolute atomic E-state index is 13.1. The Kier molecular flexibility index (Phi) is 3.55. The highest BCUT2D eigenvalue weighted by atomic mass is 16.2. The molecule has 0 unspecified atom stereocenters. The topological polar surface area (TPSA) is 81.0 Å². The molecule has 136 valence electrons. The van der Waals surface area contributed by atoms with E-state index in [1.54, 1.807) is 17.8 Å². The number of hydrogen-bond acceptors (Lipinski definition) is 5. The number of hydrogen-bond donors (Lipinski definition) is 0. The molecule has 0 aliphatic carbocycles. The third kappa shape index (κ3) is 2.33. The van der Waals surface area contributed by atoms with Crippen LogP contribution in [0.15, 0.2) is 60.9 Å². The highest BCUT2D eigenvalue weighted by molar-refractivity contribution is 6.26. The number of carbonyl (C=O) groups excluding carboxylic acids is 2. The number of carbonyl (C=O) groups is 2. The molecule has 3 aromatic heterocycles. The van der Waals surface area contributed by atoms with Gasteiger partial charge < -0.3 is 0 Å². The molecule has 5 rings (SSSR count). The van der Waals surface area contributed by atoms with E-state index >= 15 is 0 Å². The monoisotopic (exact) mass is 369 g/mol. The zero-order chi connectivity index (χ0) is 19.3. The SMILES string of the molecule is Cc1nn(-c2ccccn2)c2ncc3c(c12)C(=O)N(Cc1ccccc1)C3=O. The Morgan fingerprint density at radius 3 is 2.46 bits per heavy atom. The third-order valence-corrected chi connectivity index (χ3v) is 4.86. The molecule has 4 heterocycles.